The fourth-order valence-corrected chi connectivity index (χ4v) is 1.46. The molecule has 0 fully saturated rings. The number of ether oxygens (including phenoxy) is 3. The number of nitrogens with one attached hydrogen (secondary N) is 1. The number of unbranched alkanes of at least 4 members (excludes halogenated alkanes) is 1. The first kappa shape index (κ1) is 18.7. The van der Waals surface area contributed by atoms with Crippen LogP contribution in [0.4, 0.5) is 4.79 Å². The van der Waals surface area contributed by atoms with Crippen molar-refractivity contribution in [3.63, 3.8) is 0 Å². The van der Waals surface area contributed by atoms with Crippen LogP contribution >= 0.6 is 0 Å². The molecule has 2 atom stereocenters. The largest absolute Gasteiger partial charge is 0.464 e. The van der Waals surface area contributed by atoms with E-state index >= 15 is 0 Å². The number of alkyl carbamates (subject to hydrolysis) is 1. The SMILES string of the molecule is CCCCOC(=O)C(NC(=O)OCCOC)C(C)CC. The fraction of sp³-hybridized carbons (Fsp3) is 0.857. The highest BCUT2D eigenvalue weighted by atomic mass is 16.6. The van der Waals surface area contributed by atoms with E-state index in [1.54, 1.807) is 0 Å². The zero-order valence-electron chi connectivity index (χ0n) is 12.9. The lowest BCUT2D eigenvalue weighted by molar-refractivity contribution is -0.147. The van der Waals surface area contributed by atoms with Gasteiger partial charge in [-0.1, -0.05) is 33.6 Å². The molecule has 0 spiro atoms. The maximum Gasteiger partial charge on any atom is 0.407 e. The molecule has 1 N–H and O–H groups in total. The van der Waals surface area contributed by atoms with Gasteiger partial charge in [0.15, 0.2) is 0 Å². The first-order valence-electron chi connectivity index (χ1n) is 7.15. The van der Waals surface area contributed by atoms with Crippen LogP contribution in [-0.4, -0.2) is 45.0 Å². The highest BCUT2D eigenvalue weighted by Crippen LogP contribution is 2.10. The summed E-state index contributed by atoms with van der Waals surface area (Å²) in [5.74, 6) is -0.421. The molecule has 118 valence electrons. The Morgan fingerprint density at radius 2 is 1.80 bits per heavy atom. The van der Waals surface area contributed by atoms with Gasteiger partial charge < -0.3 is 19.5 Å². The molecule has 0 heterocycles. The number of esters is 1. The van der Waals surface area contributed by atoms with Gasteiger partial charge in [0.2, 0.25) is 0 Å². The average molecular weight is 289 g/mol. The molecule has 0 aliphatic rings. The number of carbonyl (C=O) groups excluding carboxylic acids is 2. The van der Waals surface area contributed by atoms with Gasteiger partial charge >= 0.3 is 12.1 Å². The number of hydrogen-bond acceptors (Lipinski definition) is 5. The van der Waals surface area contributed by atoms with Gasteiger partial charge in [-0.2, -0.15) is 0 Å². The Morgan fingerprint density at radius 1 is 1.10 bits per heavy atom. The minimum Gasteiger partial charge on any atom is -0.464 e. The van der Waals surface area contributed by atoms with Crippen molar-refractivity contribution >= 4 is 12.1 Å². The molecule has 20 heavy (non-hydrogen) atoms. The van der Waals surface area contributed by atoms with Crippen molar-refractivity contribution < 1.29 is 23.8 Å². The number of amides is 1. The van der Waals surface area contributed by atoms with Gasteiger partial charge in [0, 0.05) is 7.11 Å². The monoisotopic (exact) mass is 289 g/mol. The summed E-state index contributed by atoms with van der Waals surface area (Å²) >= 11 is 0. The molecule has 0 saturated carbocycles. The van der Waals surface area contributed by atoms with Gasteiger partial charge in [0.05, 0.1) is 13.2 Å². The Balaban J connectivity index is 4.33. The van der Waals surface area contributed by atoms with Crippen molar-refractivity contribution in [2.24, 2.45) is 5.92 Å². The second-order valence-electron chi connectivity index (χ2n) is 4.66. The molecular formula is C14H27NO5. The summed E-state index contributed by atoms with van der Waals surface area (Å²) in [5, 5.41) is 2.56. The molecule has 0 aromatic heterocycles. The lowest BCUT2D eigenvalue weighted by atomic mass is 9.99. The lowest BCUT2D eigenvalue weighted by Gasteiger charge is -2.22. The molecule has 0 rings (SSSR count). The lowest BCUT2D eigenvalue weighted by Crippen LogP contribution is -2.46. The standard InChI is InChI=1S/C14H27NO5/c1-5-7-8-19-13(16)12(11(3)6-2)15-14(17)20-10-9-18-4/h11-12H,5-10H2,1-4H3,(H,15,17). The second kappa shape index (κ2) is 11.5. The van der Waals surface area contributed by atoms with Gasteiger partial charge in [0.1, 0.15) is 12.6 Å². The molecule has 0 radical (unpaired) electrons. The van der Waals surface area contributed by atoms with Crippen molar-refractivity contribution in [2.75, 3.05) is 26.9 Å². The molecular weight excluding hydrogens is 262 g/mol. The van der Waals surface area contributed by atoms with E-state index in [-0.39, 0.29) is 12.5 Å². The van der Waals surface area contributed by atoms with Crippen molar-refractivity contribution in [3.8, 4) is 0 Å². The zero-order chi connectivity index (χ0) is 15.4. The smallest absolute Gasteiger partial charge is 0.407 e. The zero-order valence-corrected chi connectivity index (χ0v) is 12.9. The molecule has 0 aromatic rings. The Kier molecular flexibility index (Phi) is 10.8. The number of rotatable bonds is 10. The Bertz CT molecular complexity index is 283. The molecule has 0 bridgehead atoms. The van der Waals surface area contributed by atoms with Crippen molar-refractivity contribution in [3.05, 3.63) is 0 Å². The third kappa shape index (κ3) is 7.99. The van der Waals surface area contributed by atoms with Crippen LogP contribution in [0.2, 0.25) is 0 Å². The average Bonchev–Trinajstić information content (AvgIpc) is 2.44. The third-order valence-corrected chi connectivity index (χ3v) is 3.00. The number of hydrogen-bond donors (Lipinski definition) is 1. The predicted octanol–water partition coefficient (Wildman–Crippen LogP) is 2.12. The summed E-state index contributed by atoms with van der Waals surface area (Å²) in [6.07, 6.45) is 1.90. The van der Waals surface area contributed by atoms with E-state index in [0.717, 1.165) is 19.3 Å². The van der Waals surface area contributed by atoms with Gasteiger partial charge in [-0.25, -0.2) is 9.59 Å². The van der Waals surface area contributed by atoms with Crippen LogP contribution in [0, 0.1) is 5.92 Å². The van der Waals surface area contributed by atoms with E-state index in [1.807, 2.05) is 20.8 Å². The highest BCUT2D eigenvalue weighted by molar-refractivity contribution is 5.81. The summed E-state index contributed by atoms with van der Waals surface area (Å²) in [7, 11) is 1.52. The minimum absolute atomic E-state index is 0.0147. The Hall–Kier alpha value is -1.30. The molecule has 0 aliphatic heterocycles. The van der Waals surface area contributed by atoms with Crippen molar-refractivity contribution in [1.82, 2.24) is 5.32 Å². The van der Waals surface area contributed by atoms with Gasteiger partial charge in [0.25, 0.3) is 0 Å². The summed E-state index contributed by atoms with van der Waals surface area (Å²) < 4.78 is 14.8. The molecule has 0 aromatic carbocycles. The van der Waals surface area contributed by atoms with Gasteiger partial charge in [-0.05, 0) is 12.3 Å². The summed E-state index contributed by atoms with van der Waals surface area (Å²) in [6.45, 7) is 6.72. The quantitative estimate of drug-likeness (QED) is 0.492. The Morgan fingerprint density at radius 3 is 2.35 bits per heavy atom. The molecule has 6 nitrogen and oxygen atoms in total. The second-order valence-corrected chi connectivity index (χ2v) is 4.66. The maximum absolute atomic E-state index is 12.0. The van der Waals surface area contributed by atoms with E-state index in [0.29, 0.717) is 13.2 Å². The van der Waals surface area contributed by atoms with E-state index < -0.39 is 18.1 Å². The van der Waals surface area contributed by atoms with Crippen molar-refractivity contribution in [1.29, 1.82) is 0 Å². The van der Waals surface area contributed by atoms with Crippen LogP contribution in [0.25, 0.3) is 0 Å². The van der Waals surface area contributed by atoms with E-state index in [9.17, 15) is 9.59 Å². The topological polar surface area (TPSA) is 73.9 Å². The molecule has 0 aliphatic carbocycles. The summed E-state index contributed by atoms with van der Waals surface area (Å²) in [5.41, 5.74) is 0. The van der Waals surface area contributed by atoms with E-state index in [1.165, 1.54) is 7.11 Å². The first-order chi connectivity index (χ1) is 9.56. The maximum atomic E-state index is 12.0. The molecule has 0 saturated heterocycles. The van der Waals surface area contributed by atoms with Crippen LogP contribution in [-0.2, 0) is 19.0 Å². The van der Waals surface area contributed by atoms with Crippen LogP contribution in [0.1, 0.15) is 40.0 Å². The summed E-state index contributed by atoms with van der Waals surface area (Å²) in [4.78, 5) is 23.6. The van der Waals surface area contributed by atoms with Crippen molar-refractivity contribution in [2.45, 2.75) is 46.1 Å². The number of methoxy groups -OCH3 is 1. The normalized spacial score (nSPS) is 13.4. The van der Waals surface area contributed by atoms with Gasteiger partial charge in [-0.15, -0.1) is 0 Å². The van der Waals surface area contributed by atoms with Crippen LogP contribution in [0.5, 0.6) is 0 Å². The van der Waals surface area contributed by atoms with Gasteiger partial charge in [-0.3, -0.25) is 0 Å². The van der Waals surface area contributed by atoms with Crippen LogP contribution in [0.3, 0.4) is 0 Å². The molecule has 2 unspecified atom stereocenters. The van der Waals surface area contributed by atoms with E-state index in [4.69, 9.17) is 14.2 Å². The third-order valence-electron chi connectivity index (χ3n) is 3.00. The highest BCUT2D eigenvalue weighted by Gasteiger charge is 2.27. The number of carbonyl (C=O) groups is 2. The molecule has 6 heteroatoms. The first-order valence-corrected chi connectivity index (χ1v) is 7.15. The van der Waals surface area contributed by atoms with Crippen LogP contribution in [0.15, 0.2) is 0 Å². The van der Waals surface area contributed by atoms with E-state index in [2.05, 4.69) is 5.32 Å². The minimum atomic E-state index is -0.674. The molecule has 1 amide bonds. The van der Waals surface area contributed by atoms with Crippen LogP contribution < -0.4 is 5.32 Å². The Labute approximate surface area is 121 Å². The summed E-state index contributed by atoms with van der Waals surface area (Å²) in [6, 6.07) is -0.674. The fourth-order valence-electron chi connectivity index (χ4n) is 1.46. The predicted molar refractivity (Wildman–Crippen MR) is 75.5 cm³/mol.